The molecular formula is C27H30O16. The van der Waals surface area contributed by atoms with Crippen LogP contribution in [0.1, 0.15) is 6.92 Å². The standard InChI is InChI=1S/C27H30O16/c1-8-17(33)21(37)25(43-26-22(38)20(36)18(34)15(7-28)41-26)27(39-8)42-24-19(35)16-13(32)5-10(29)6-14(16)40-23(24)9-2-3-11(30)12(31)4-9/h2-6,8,15,17-18,20-22,25-34,36-38H,7H2,1H3/t8-,15+,17-,18+,20-,21+,22-,25-,26-,27-/m0/s1. The number of phenolic OH excluding ortho intramolecular Hbond substituents is 4. The van der Waals surface area contributed by atoms with Crippen molar-refractivity contribution in [3.63, 3.8) is 0 Å². The lowest BCUT2D eigenvalue weighted by atomic mass is 9.97. The van der Waals surface area contributed by atoms with E-state index in [2.05, 4.69) is 0 Å². The molecule has 16 heteroatoms. The molecule has 2 saturated heterocycles. The van der Waals surface area contributed by atoms with Gasteiger partial charge >= 0.3 is 0 Å². The van der Waals surface area contributed by atoms with Gasteiger partial charge in [-0.25, -0.2) is 0 Å². The third-order valence-electron chi connectivity index (χ3n) is 7.31. The zero-order chi connectivity index (χ0) is 31.3. The Kier molecular flexibility index (Phi) is 8.41. The highest BCUT2D eigenvalue weighted by atomic mass is 16.8. The first-order valence-corrected chi connectivity index (χ1v) is 13.0. The number of hydrogen-bond donors (Lipinski definition) is 10. The molecule has 0 unspecified atom stereocenters. The van der Waals surface area contributed by atoms with E-state index < -0.39 is 108 Å². The third-order valence-corrected chi connectivity index (χ3v) is 7.31. The van der Waals surface area contributed by atoms with Crippen LogP contribution >= 0.6 is 0 Å². The van der Waals surface area contributed by atoms with Gasteiger partial charge in [-0.2, -0.15) is 0 Å². The van der Waals surface area contributed by atoms with Crippen LogP contribution in [-0.4, -0.2) is 119 Å². The minimum absolute atomic E-state index is 0.0250. The minimum Gasteiger partial charge on any atom is -0.508 e. The van der Waals surface area contributed by atoms with Gasteiger partial charge in [-0.05, 0) is 25.1 Å². The Balaban J connectivity index is 1.60. The molecule has 2 fully saturated rings. The predicted octanol–water partition coefficient (Wildman–Crippen LogP) is -1.69. The van der Waals surface area contributed by atoms with Crippen LogP contribution in [0, 0.1) is 0 Å². The summed E-state index contributed by atoms with van der Waals surface area (Å²) in [6.45, 7) is 0.582. The number of hydrogen-bond acceptors (Lipinski definition) is 16. The fourth-order valence-corrected chi connectivity index (χ4v) is 4.92. The molecule has 5 rings (SSSR count). The van der Waals surface area contributed by atoms with Gasteiger partial charge in [-0.1, -0.05) is 0 Å². The van der Waals surface area contributed by atoms with Crippen LogP contribution in [0.3, 0.4) is 0 Å². The summed E-state index contributed by atoms with van der Waals surface area (Å²) >= 11 is 0. The highest BCUT2D eigenvalue weighted by Gasteiger charge is 2.51. The molecule has 0 radical (unpaired) electrons. The predicted molar refractivity (Wildman–Crippen MR) is 140 cm³/mol. The molecule has 1 aromatic heterocycles. The van der Waals surface area contributed by atoms with Crippen molar-refractivity contribution in [1.29, 1.82) is 0 Å². The Morgan fingerprint density at radius 3 is 2.19 bits per heavy atom. The zero-order valence-corrected chi connectivity index (χ0v) is 22.3. The first kappa shape index (κ1) is 30.7. The van der Waals surface area contributed by atoms with Crippen molar-refractivity contribution in [2.24, 2.45) is 0 Å². The van der Waals surface area contributed by atoms with Crippen molar-refractivity contribution < 1.29 is 74.4 Å². The normalized spacial score (nSPS) is 33.0. The van der Waals surface area contributed by atoms with Gasteiger partial charge in [0.15, 0.2) is 29.7 Å². The molecular weight excluding hydrogens is 580 g/mol. The SMILES string of the molecule is C[C@@H]1O[C@@H](Oc2c(-c3ccc(O)c(O)c3)oc3cc(O)cc(O)c3c2=O)[C@@H](O[C@@H]2O[C@H](CO)[C@@H](O)[C@H](O)[C@@H]2O)[C@H](O)[C@H]1O. The Hall–Kier alpha value is -3.71. The molecule has 0 aliphatic carbocycles. The molecule has 2 aromatic carbocycles. The second-order valence-electron chi connectivity index (χ2n) is 10.2. The summed E-state index contributed by atoms with van der Waals surface area (Å²) in [6.07, 6.45) is -16.8. The number of ether oxygens (including phenoxy) is 4. The van der Waals surface area contributed by atoms with E-state index >= 15 is 0 Å². The molecule has 2 aliphatic rings. The maximum Gasteiger partial charge on any atom is 0.239 e. The average molecular weight is 611 g/mol. The van der Waals surface area contributed by atoms with Crippen molar-refractivity contribution >= 4 is 11.0 Å². The number of rotatable bonds is 6. The summed E-state index contributed by atoms with van der Waals surface area (Å²) in [5.74, 6) is -3.29. The number of benzene rings is 2. The van der Waals surface area contributed by atoms with Crippen LogP contribution in [0.15, 0.2) is 39.5 Å². The smallest absolute Gasteiger partial charge is 0.239 e. The van der Waals surface area contributed by atoms with Crippen molar-refractivity contribution in [3.8, 4) is 40.1 Å². The largest absolute Gasteiger partial charge is 0.508 e. The Bertz CT molecular complexity index is 1540. The molecule has 43 heavy (non-hydrogen) atoms. The van der Waals surface area contributed by atoms with Crippen LogP contribution in [0.4, 0.5) is 0 Å². The van der Waals surface area contributed by atoms with E-state index in [9.17, 15) is 55.9 Å². The molecule has 0 saturated carbocycles. The Labute approximate surface area is 241 Å². The summed E-state index contributed by atoms with van der Waals surface area (Å²) in [7, 11) is 0. The fraction of sp³-hybridized carbons (Fsp3) is 0.444. The molecule has 0 spiro atoms. The van der Waals surface area contributed by atoms with Crippen LogP contribution in [0.25, 0.3) is 22.3 Å². The van der Waals surface area contributed by atoms with Crippen molar-refractivity contribution in [3.05, 3.63) is 40.6 Å². The van der Waals surface area contributed by atoms with E-state index in [1.165, 1.54) is 13.0 Å². The van der Waals surface area contributed by atoms with Crippen LogP contribution < -0.4 is 10.2 Å². The zero-order valence-electron chi connectivity index (χ0n) is 22.3. The van der Waals surface area contributed by atoms with E-state index in [0.717, 1.165) is 24.3 Å². The first-order valence-electron chi connectivity index (χ1n) is 13.0. The molecule has 234 valence electrons. The molecule has 3 aromatic rings. The number of aliphatic hydroxyl groups excluding tert-OH is 6. The van der Waals surface area contributed by atoms with Gasteiger partial charge in [0.25, 0.3) is 0 Å². The maximum absolute atomic E-state index is 13.7. The summed E-state index contributed by atoms with van der Waals surface area (Å²) in [6, 6.07) is 5.27. The maximum atomic E-state index is 13.7. The summed E-state index contributed by atoms with van der Waals surface area (Å²) < 4.78 is 28.3. The summed E-state index contributed by atoms with van der Waals surface area (Å²) in [4.78, 5) is 13.7. The second-order valence-corrected chi connectivity index (χ2v) is 10.2. The van der Waals surface area contributed by atoms with Gasteiger partial charge in [0.05, 0.1) is 12.7 Å². The monoisotopic (exact) mass is 610 g/mol. The topological polar surface area (TPSA) is 269 Å². The van der Waals surface area contributed by atoms with E-state index in [1.54, 1.807) is 0 Å². The minimum atomic E-state index is -1.91. The Morgan fingerprint density at radius 2 is 1.51 bits per heavy atom. The summed E-state index contributed by atoms with van der Waals surface area (Å²) in [5.41, 5.74) is -1.33. The van der Waals surface area contributed by atoms with Gasteiger partial charge < -0.3 is 74.4 Å². The molecule has 0 amide bonds. The highest BCUT2D eigenvalue weighted by molar-refractivity contribution is 5.88. The summed E-state index contributed by atoms with van der Waals surface area (Å²) in [5, 5.41) is 101. The molecule has 10 atom stereocenters. The molecule has 3 heterocycles. The fourth-order valence-electron chi connectivity index (χ4n) is 4.92. The van der Waals surface area contributed by atoms with Gasteiger partial charge in [-0.3, -0.25) is 4.79 Å². The molecule has 0 bridgehead atoms. The number of aromatic hydroxyl groups is 4. The van der Waals surface area contributed by atoms with E-state index in [-0.39, 0.29) is 16.9 Å². The lowest BCUT2D eigenvalue weighted by Gasteiger charge is -2.45. The van der Waals surface area contributed by atoms with Gasteiger partial charge in [0.1, 0.15) is 59.1 Å². The third kappa shape index (κ3) is 5.55. The van der Waals surface area contributed by atoms with Gasteiger partial charge in [-0.15, -0.1) is 0 Å². The van der Waals surface area contributed by atoms with Crippen LogP contribution in [-0.2, 0) is 14.2 Å². The average Bonchev–Trinajstić information content (AvgIpc) is 2.96. The van der Waals surface area contributed by atoms with Crippen LogP contribution in [0.2, 0.25) is 0 Å². The first-order chi connectivity index (χ1) is 20.3. The van der Waals surface area contributed by atoms with Crippen LogP contribution in [0.5, 0.6) is 28.7 Å². The lowest BCUT2D eigenvalue weighted by Crippen LogP contribution is -2.64. The molecule has 10 N–H and O–H groups in total. The number of fused-ring (bicyclic) bond motifs is 1. The molecule has 16 nitrogen and oxygen atoms in total. The Morgan fingerprint density at radius 1 is 0.791 bits per heavy atom. The second kappa shape index (κ2) is 11.8. The molecule has 2 aliphatic heterocycles. The highest BCUT2D eigenvalue weighted by Crippen LogP contribution is 2.40. The van der Waals surface area contributed by atoms with Crippen molar-refractivity contribution in [2.45, 2.75) is 68.3 Å². The quantitative estimate of drug-likeness (QED) is 0.140. The number of aliphatic hydroxyl groups is 6. The van der Waals surface area contributed by atoms with Gasteiger partial charge in [0, 0.05) is 17.7 Å². The van der Waals surface area contributed by atoms with E-state index in [4.69, 9.17) is 23.4 Å². The van der Waals surface area contributed by atoms with E-state index in [1.807, 2.05) is 0 Å². The van der Waals surface area contributed by atoms with E-state index in [0.29, 0.717) is 0 Å². The lowest BCUT2D eigenvalue weighted by molar-refractivity contribution is -0.355. The van der Waals surface area contributed by atoms with Crippen molar-refractivity contribution in [2.75, 3.05) is 6.61 Å². The van der Waals surface area contributed by atoms with Crippen molar-refractivity contribution in [1.82, 2.24) is 0 Å². The van der Waals surface area contributed by atoms with Gasteiger partial charge in [0.2, 0.25) is 17.5 Å². The number of phenols is 4.